The van der Waals surface area contributed by atoms with Gasteiger partial charge in [-0.1, -0.05) is 0 Å². The molecule has 108 valence electrons. The molecule has 21 heavy (non-hydrogen) atoms. The fourth-order valence-corrected chi connectivity index (χ4v) is 2.52. The maximum absolute atomic E-state index is 6.02. The highest BCUT2D eigenvalue weighted by molar-refractivity contribution is 9.10. The number of imidazole rings is 1. The number of hydrogen-bond donors (Lipinski definition) is 1. The number of pyridine rings is 1. The number of nitrogens with two attached hydrogens (primary N) is 1. The van der Waals surface area contributed by atoms with Crippen LogP contribution in [-0.2, 0) is 0 Å². The zero-order valence-corrected chi connectivity index (χ0v) is 13.1. The van der Waals surface area contributed by atoms with E-state index in [1.807, 2.05) is 24.3 Å². The number of halogens is 1. The van der Waals surface area contributed by atoms with E-state index in [0.29, 0.717) is 28.7 Å². The first kappa shape index (κ1) is 13.7. The van der Waals surface area contributed by atoms with Crippen molar-refractivity contribution in [3.05, 3.63) is 34.8 Å². The third-order valence-electron chi connectivity index (χ3n) is 3.11. The highest BCUT2D eigenvalue weighted by atomic mass is 79.9. The van der Waals surface area contributed by atoms with Gasteiger partial charge in [-0.3, -0.25) is 4.57 Å². The number of anilines is 1. The molecule has 0 fully saturated rings. The van der Waals surface area contributed by atoms with E-state index in [4.69, 9.17) is 15.2 Å². The van der Waals surface area contributed by atoms with E-state index in [1.54, 1.807) is 24.9 Å². The summed E-state index contributed by atoms with van der Waals surface area (Å²) in [4.78, 5) is 8.73. The highest BCUT2D eigenvalue weighted by Crippen LogP contribution is 2.30. The third-order valence-corrected chi connectivity index (χ3v) is 3.76. The monoisotopic (exact) mass is 348 g/mol. The number of ether oxygens (including phenoxy) is 2. The summed E-state index contributed by atoms with van der Waals surface area (Å²) >= 11 is 3.43. The first-order valence-electron chi connectivity index (χ1n) is 6.17. The fourth-order valence-electron chi connectivity index (χ4n) is 2.11. The molecule has 0 aliphatic rings. The molecule has 2 heterocycles. The van der Waals surface area contributed by atoms with E-state index < -0.39 is 0 Å². The number of rotatable bonds is 3. The molecule has 0 unspecified atom stereocenters. The van der Waals surface area contributed by atoms with Crippen LogP contribution in [0.1, 0.15) is 0 Å². The van der Waals surface area contributed by atoms with Crippen molar-refractivity contribution >= 4 is 33.0 Å². The van der Waals surface area contributed by atoms with Gasteiger partial charge in [0.1, 0.15) is 11.3 Å². The number of aromatic nitrogens is 3. The minimum Gasteiger partial charge on any atom is -0.495 e. The SMILES string of the molecule is COc1ccc2nc(N)n(-c3ccc(Br)c(OC)c3)c2n1. The Morgan fingerprint density at radius 1 is 1.10 bits per heavy atom. The van der Waals surface area contributed by atoms with Crippen molar-refractivity contribution in [1.82, 2.24) is 14.5 Å². The second-order valence-corrected chi connectivity index (χ2v) is 5.17. The lowest BCUT2D eigenvalue weighted by molar-refractivity contribution is 0.399. The van der Waals surface area contributed by atoms with Crippen molar-refractivity contribution in [3.8, 4) is 17.3 Å². The van der Waals surface area contributed by atoms with Crippen LogP contribution in [0.15, 0.2) is 34.8 Å². The predicted molar refractivity (Wildman–Crippen MR) is 84.1 cm³/mol. The van der Waals surface area contributed by atoms with Crippen LogP contribution in [0.2, 0.25) is 0 Å². The summed E-state index contributed by atoms with van der Waals surface area (Å²) in [6.07, 6.45) is 0. The van der Waals surface area contributed by atoms with Gasteiger partial charge < -0.3 is 15.2 Å². The van der Waals surface area contributed by atoms with Gasteiger partial charge in [-0.05, 0) is 34.1 Å². The summed E-state index contributed by atoms with van der Waals surface area (Å²) in [6, 6.07) is 9.24. The summed E-state index contributed by atoms with van der Waals surface area (Å²) in [5.74, 6) is 1.57. The van der Waals surface area contributed by atoms with Gasteiger partial charge in [0.2, 0.25) is 11.8 Å². The first-order valence-corrected chi connectivity index (χ1v) is 6.96. The van der Waals surface area contributed by atoms with Gasteiger partial charge in [0.25, 0.3) is 0 Å². The Morgan fingerprint density at radius 3 is 2.62 bits per heavy atom. The molecule has 0 bridgehead atoms. The van der Waals surface area contributed by atoms with Gasteiger partial charge in [0.15, 0.2) is 5.65 Å². The van der Waals surface area contributed by atoms with Crippen LogP contribution < -0.4 is 15.2 Å². The maximum atomic E-state index is 6.02. The van der Waals surface area contributed by atoms with Gasteiger partial charge in [-0.2, -0.15) is 4.98 Å². The minimum atomic E-state index is 0.357. The first-order chi connectivity index (χ1) is 10.1. The van der Waals surface area contributed by atoms with Gasteiger partial charge >= 0.3 is 0 Å². The molecule has 7 heteroatoms. The summed E-state index contributed by atoms with van der Waals surface area (Å²) < 4.78 is 13.1. The number of fused-ring (bicyclic) bond motifs is 1. The second kappa shape index (κ2) is 5.25. The van der Waals surface area contributed by atoms with E-state index in [-0.39, 0.29) is 0 Å². The predicted octanol–water partition coefficient (Wildman–Crippen LogP) is 2.78. The quantitative estimate of drug-likeness (QED) is 0.787. The summed E-state index contributed by atoms with van der Waals surface area (Å²) in [5.41, 5.74) is 8.18. The highest BCUT2D eigenvalue weighted by Gasteiger charge is 2.13. The van der Waals surface area contributed by atoms with Crippen LogP contribution in [0.3, 0.4) is 0 Å². The molecule has 0 aliphatic heterocycles. The Kier molecular flexibility index (Phi) is 3.42. The Hall–Kier alpha value is -2.28. The van der Waals surface area contributed by atoms with Crippen molar-refractivity contribution in [1.29, 1.82) is 0 Å². The van der Waals surface area contributed by atoms with Gasteiger partial charge in [-0.15, -0.1) is 0 Å². The van der Waals surface area contributed by atoms with E-state index in [2.05, 4.69) is 25.9 Å². The molecule has 3 rings (SSSR count). The van der Waals surface area contributed by atoms with Crippen LogP contribution in [0.4, 0.5) is 5.95 Å². The largest absolute Gasteiger partial charge is 0.495 e. The Balaban J connectivity index is 2.26. The summed E-state index contributed by atoms with van der Waals surface area (Å²) in [7, 11) is 3.18. The number of methoxy groups -OCH3 is 2. The molecular weight excluding hydrogens is 336 g/mol. The average molecular weight is 349 g/mol. The lowest BCUT2D eigenvalue weighted by Gasteiger charge is -2.09. The standard InChI is InChI=1S/C14H13BrN4O2/c1-20-11-7-8(3-4-9(11)15)19-13-10(17-14(19)16)5-6-12(18-13)21-2/h3-7H,1-2H3,(H2,16,17). The number of nitrogen functional groups attached to an aromatic ring is 1. The van der Waals surface area contributed by atoms with Crippen molar-refractivity contribution in [2.45, 2.75) is 0 Å². The molecule has 0 spiro atoms. The normalized spacial score (nSPS) is 10.8. The lowest BCUT2D eigenvalue weighted by Crippen LogP contribution is -2.02. The van der Waals surface area contributed by atoms with Crippen molar-refractivity contribution < 1.29 is 9.47 Å². The summed E-state index contributed by atoms with van der Waals surface area (Å²) in [6.45, 7) is 0. The fraction of sp³-hybridized carbons (Fsp3) is 0.143. The van der Waals surface area contributed by atoms with Crippen LogP contribution in [-0.4, -0.2) is 28.8 Å². The van der Waals surface area contributed by atoms with Crippen LogP contribution in [0, 0.1) is 0 Å². The molecule has 3 aromatic rings. The van der Waals surface area contributed by atoms with Gasteiger partial charge in [-0.25, -0.2) is 4.98 Å². The zero-order valence-electron chi connectivity index (χ0n) is 11.5. The van der Waals surface area contributed by atoms with E-state index in [9.17, 15) is 0 Å². The smallest absolute Gasteiger partial charge is 0.215 e. The van der Waals surface area contributed by atoms with Crippen LogP contribution in [0.5, 0.6) is 11.6 Å². The molecule has 0 radical (unpaired) electrons. The molecule has 0 saturated carbocycles. The van der Waals surface area contributed by atoms with Gasteiger partial charge in [0.05, 0.1) is 24.4 Å². The number of hydrogen-bond acceptors (Lipinski definition) is 5. The van der Waals surface area contributed by atoms with E-state index in [0.717, 1.165) is 10.2 Å². The van der Waals surface area contributed by atoms with E-state index in [1.165, 1.54) is 0 Å². The zero-order chi connectivity index (χ0) is 15.0. The molecule has 2 aromatic heterocycles. The number of nitrogens with zero attached hydrogens (tertiary/aromatic N) is 3. The maximum Gasteiger partial charge on any atom is 0.215 e. The van der Waals surface area contributed by atoms with Crippen molar-refractivity contribution in [2.75, 3.05) is 20.0 Å². The minimum absolute atomic E-state index is 0.357. The van der Waals surface area contributed by atoms with Crippen molar-refractivity contribution in [2.24, 2.45) is 0 Å². The lowest BCUT2D eigenvalue weighted by atomic mass is 10.3. The topological polar surface area (TPSA) is 75.2 Å². The molecule has 2 N–H and O–H groups in total. The molecule has 0 atom stereocenters. The molecule has 0 aliphatic carbocycles. The number of benzene rings is 1. The Bertz CT molecular complexity index is 816. The second-order valence-electron chi connectivity index (χ2n) is 4.32. The molecule has 0 saturated heterocycles. The Labute approximate surface area is 129 Å². The molecular formula is C14H13BrN4O2. The average Bonchev–Trinajstić information content (AvgIpc) is 2.82. The van der Waals surface area contributed by atoms with Gasteiger partial charge in [0, 0.05) is 12.1 Å². The van der Waals surface area contributed by atoms with Crippen LogP contribution in [0.25, 0.3) is 16.9 Å². The summed E-state index contributed by atoms with van der Waals surface area (Å²) in [5, 5.41) is 0. The molecule has 0 amide bonds. The van der Waals surface area contributed by atoms with Crippen LogP contribution >= 0.6 is 15.9 Å². The molecule has 6 nitrogen and oxygen atoms in total. The van der Waals surface area contributed by atoms with E-state index >= 15 is 0 Å². The van der Waals surface area contributed by atoms with Crippen molar-refractivity contribution in [3.63, 3.8) is 0 Å². The third kappa shape index (κ3) is 2.29. The molecule has 1 aromatic carbocycles. The Morgan fingerprint density at radius 2 is 1.90 bits per heavy atom.